The van der Waals surface area contributed by atoms with Crippen molar-refractivity contribution >= 4 is 5.91 Å². The van der Waals surface area contributed by atoms with E-state index in [1.807, 2.05) is 50.4 Å². The Labute approximate surface area is 113 Å². The van der Waals surface area contributed by atoms with Crippen molar-refractivity contribution in [1.29, 1.82) is 0 Å². The fourth-order valence-corrected chi connectivity index (χ4v) is 2.05. The molecule has 0 aliphatic heterocycles. The number of nitrogens with zero attached hydrogens (tertiary/aromatic N) is 3. The summed E-state index contributed by atoms with van der Waals surface area (Å²) in [5.74, 6) is 0.0436. The van der Waals surface area contributed by atoms with Gasteiger partial charge in [-0.25, -0.2) is 0 Å². The van der Waals surface area contributed by atoms with Crippen molar-refractivity contribution in [3.8, 4) is 11.3 Å². The van der Waals surface area contributed by atoms with Gasteiger partial charge >= 0.3 is 0 Å². The van der Waals surface area contributed by atoms with Gasteiger partial charge in [0.05, 0.1) is 5.69 Å². The standard InChI is InChI=1S/C15H19N3O/c1-11-10-18(12(2)15(19)17(3)4)16-14(11)13-8-6-5-7-9-13/h5-10,12H,1-4H3/t12-/m0/s1. The van der Waals surface area contributed by atoms with Gasteiger partial charge in [-0.05, 0) is 19.4 Å². The highest BCUT2D eigenvalue weighted by Crippen LogP contribution is 2.22. The normalized spacial score (nSPS) is 12.2. The van der Waals surface area contributed by atoms with E-state index in [2.05, 4.69) is 5.10 Å². The van der Waals surface area contributed by atoms with E-state index in [1.54, 1.807) is 23.7 Å². The molecule has 1 amide bonds. The van der Waals surface area contributed by atoms with Gasteiger partial charge in [-0.15, -0.1) is 0 Å². The van der Waals surface area contributed by atoms with Crippen molar-refractivity contribution < 1.29 is 4.79 Å². The van der Waals surface area contributed by atoms with Gasteiger partial charge in [-0.2, -0.15) is 5.10 Å². The monoisotopic (exact) mass is 257 g/mol. The second kappa shape index (κ2) is 5.26. The lowest BCUT2D eigenvalue weighted by atomic mass is 10.1. The number of aryl methyl sites for hydroxylation is 1. The molecule has 2 rings (SSSR count). The number of benzene rings is 1. The lowest BCUT2D eigenvalue weighted by Gasteiger charge is -2.16. The number of hydrogen-bond donors (Lipinski definition) is 0. The Hall–Kier alpha value is -2.10. The van der Waals surface area contributed by atoms with E-state index in [9.17, 15) is 4.79 Å². The topological polar surface area (TPSA) is 38.1 Å². The zero-order chi connectivity index (χ0) is 14.0. The Morgan fingerprint density at radius 3 is 2.47 bits per heavy atom. The van der Waals surface area contributed by atoms with Crippen molar-refractivity contribution in [3.63, 3.8) is 0 Å². The van der Waals surface area contributed by atoms with Crippen LogP contribution in [0.3, 0.4) is 0 Å². The number of amides is 1. The molecule has 0 fully saturated rings. The molecule has 1 atom stereocenters. The zero-order valence-electron chi connectivity index (χ0n) is 11.8. The minimum absolute atomic E-state index is 0.0436. The molecule has 1 aromatic heterocycles. The van der Waals surface area contributed by atoms with Gasteiger partial charge in [-0.3, -0.25) is 9.48 Å². The highest BCUT2D eigenvalue weighted by Gasteiger charge is 2.19. The van der Waals surface area contributed by atoms with E-state index in [-0.39, 0.29) is 11.9 Å². The van der Waals surface area contributed by atoms with Crippen LogP contribution < -0.4 is 0 Å². The van der Waals surface area contributed by atoms with E-state index in [4.69, 9.17) is 0 Å². The van der Waals surface area contributed by atoms with Crippen molar-refractivity contribution in [3.05, 3.63) is 42.1 Å². The number of carbonyl (C=O) groups excluding carboxylic acids is 1. The molecular weight excluding hydrogens is 238 g/mol. The molecule has 19 heavy (non-hydrogen) atoms. The maximum atomic E-state index is 12.0. The smallest absolute Gasteiger partial charge is 0.246 e. The first kappa shape index (κ1) is 13.3. The van der Waals surface area contributed by atoms with Crippen LogP contribution in [-0.2, 0) is 4.79 Å². The predicted octanol–water partition coefficient (Wildman–Crippen LogP) is 2.51. The van der Waals surface area contributed by atoms with Crippen LogP contribution in [0, 0.1) is 6.92 Å². The molecule has 0 unspecified atom stereocenters. The average molecular weight is 257 g/mol. The Morgan fingerprint density at radius 2 is 1.89 bits per heavy atom. The zero-order valence-corrected chi connectivity index (χ0v) is 11.8. The lowest BCUT2D eigenvalue weighted by molar-refractivity contribution is -0.131. The second-order valence-electron chi connectivity index (χ2n) is 4.92. The molecule has 0 aliphatic carbocycles. The van der Waals surface area contributed by atoms with Gasteiger partial charge in [0.15, 0.2) is 0 Å². The lowest BCUT2D eigenvalue weighted by Crippen LogP contribution is -2.30. The summed E-state index contributed by atoms with van der Waals surface area (Å²) in [6.45, 7) is 3.88. The molecule has 0 bridgehead atoms. The highest BCUT2D eigenvalue weighted by molar-refractivity contribution is 5.79. The Bertz CT molecular complexity index is 572. The van der Waals surface area contributed by atoms with Crippen LogP contribution in [0.2, 0.25) is 0 Å². The van der Waals surface area contributed by atoms with Gasteiger partial charge in [0.1, 0.15) is 6.04 Å². The fraction of sp³-hybridized carbons (Fsp3) is 0.333. The average Bonchev–Trinajstić information content (AvgIpc) is 2.80. The second-order valence-corrected chi connectivity index (χ2v) is 4.92. The van der Waals surface area contributed by atoms with Gasteiger partial charge in [0, 0.05) is 25.9 Å². The SMILES string of the molecule is Cc1cn([C@@H](C)C(=O)N(C)C)nc1-c1ccccc1. The quantitative estimate of drug-likeness (QED) is 0.847. The van der Waals surface area contributed by atoms with Crippen LogP contribution in [0.25, 0.3) is 11.3 Å². The fourth-order valence-electron chi connectivity index (χ4n) is 2.05. The molecule has 0 saturated heterocycles. The van der Waals surface area contributed by atoms with Crippen LogP contribution >= 0.6 is 0 Å². The summed E-state index contributed by atoms with van der Waals surface area (Å²) in [6, 6.07) is 9.72. The van der Waals surface area contributed by atoms with E-state index in [1.165, 1.54) is 0 Å². The Balaban J connectivity index is 2.34. The minimum Gasteiger partial charge on any atom is -0.347 e. The Morgan fingerprint density at radius 1 is 1.26 bits per heavy atom. The molecule has 0 saturated carbocycles. The summed E-state index contributed by atoms with van der Waals surface area (Å²) in [7, 11) is 3.51. The maximum absolute atomic E-state index is 12.0. The number of hydrogen-bond acceptors (Lipinski definition) is 2. The third kappa shape index (κ3) is 2.67. The molecule has 1 aromatic carbocycles. The molecule has 100 valence electrons. The van der Waals surface area contributed by atoms with E-state index < -0.39 is 0 Å². The summed E-state index contributed by atoms with van der Waals surface area (Å²) in [4.78, 5) is 13.6. The van der Waals surface area contributed by atoms with Crippen molar-refractivity contribution in [1.82, 2.24) is 14.7 Å². The van der Waals surface area contributed by atoms with Crippen molar-refractivity contribution in [2.45, 2.75) is 19.9 Å². The van der Waals surface area contributed by atoms with E-state index in [0.717, 1.165) is 16.8 Å². The third-order valence-corrected chi connectivity index (χ3v) is 3.16. The van der Waals surface area contributed by atoms with Gasteiger partial charge in [0.25, 0.3) is 0 Å². The van der Waals surface area contributed by atoms with Gasteiger partial charge in [-0.1, -0.05) is 30.3 Å². The molecule has 4 nitrogen and oxygen atoms in total. The first-order valence-corrected chi connectivity index (χ1v) is 6.33. The molecule has 1 heterocycles. The minimum atomic E-state index is -0.286. The number of likely N-dealkylation sites (N-methyl/N-ethyl adjacent to an activating group) is 1. The predicted molar refractivity (Wildman–Crippen MR) is 75.8 cm³/mol. The van der Waals surface area contributed by atoms with Crippen LogP contribution in [-0.4, -0.2) is 34.7 Å². The van der Waals surface area contributed by atoms with Crippen molar-refractivity contribution in [2.75, 3.05) is 14.1 Å². The van der Waals surface area contributed by atoms with Crippen molar-refractivity contribution in [2.24, 2.45) is 0 Å². The summed E-state index contributed by atoms with van der Waals surface area (Å²) >= 11 is 0. The molecule has 4 heteroatoms. The van der Waals surface area contributed by atoms with E-state index >= 15 is 0 Å². The molecular formula is C15H19N3O. The first-order chi connectivity index (χ1) is 9.00. The first-order valence-electron chi connectivity index (χ1n) is 6.33. The molecule has 0 radical (unpaired) electrons. The molecule has 0 aliphatic rings. The molecule has 0 spiro atoms. The van der Waals surface area contributed by atoms with Crippen LogP contribution in [0.15, 0.2) is 36.5 Å². The van der Waals surface area contributed by atoms with Crippen LogP contribution in [0.4, 0.5) is 0 Å². The van der Waals surface area contributed by atoms with Crippen LogP contribution in [0.1, 0.15) is 18.5 Å². The summed E-state index contributed by atoms with van der Waals surface area (Å²) in [5.41, 5.74) is 3.08. The number of carbonyl (C=O) groups is 1. The molecule has 0 N–H and O–H groups in total. The third-order valence-electron chi connectivity index (χ3n) is 3.16. The maximum Gasteiger partial charge on any atom is 0.246 e. The van der Waals surface area contributed by atoms with Gasteiger partial charge in [0.2, 0.25) is 5.91 Å². The summed E-state index contributed by atoms with van der Waals surface area (Å²) in [5, 5.41) is 4.55. The number of aromatic nitrogens is 2. The largest absolute Gasteiger partial charge is 0.347 e. The summed E-state index contributed by atoms with van der Waals surface area (Å²) < 4.78 is 1.74. The van der Waals surface area contributed by atoms with Gasteiger partial charge < -0.3 is 4.90 Å². The highest BCUT2D eigenvalue weighted by atomic mass is 16.2. The summed E-state index contributed by atoms with van der Waals surface area (Å²) in [6.07, 6.45) is 1.92. The Kier molecular flexibility index (Phi) is 3.69. The number of rotatable bonds is 3. The molecule has 2 aromatic rings. The van der Waals surface area contributed by atoms with Crippen LogP contribution in [0.5, 0.6) is 0 Å². The van der Waals surface area contributed by atoms with E-state index in [0.29, 0.717) is 0 Å².